The van der Waals surface area contributed by atoms with E-state index in [0.717, 1.165) is 17.8 Å². The predicted molar refractivity (Wildman–Crippen MR) is 93.9 cm³/mol. The fourth-order valence-electron chi connectivity index (χ4n) is 3.01. The number of hydrogen-bond acceptors (Lipinski definition) is 3. The van der Waals surface area contributed by atoms with Crippen LogP contribution in [0.2, 0.25) is 0 Å². The molecule has 0 aliphatic heterocycles. The minimum absolute atomic E-state index is 0.124. The van der Waals surface area contributed by atoms with Gasteiger partial charge in [0.15, 0.2) is 0 Å². The van der Waals surface area contributed by atoms with Crippen LogP contribution >= 0.6 is 11.3 Å². The lowest BCUT2D eigenvalue weighted by Gasteiger charge is -2.23. The van der Waals surface area contributed by atoms with Crippen LogP contribution in [0.15, 0.2) is 35.8 Å². The van der Waals surface area contributed by atoms with Crippen LogP contribution in [0.4, 0.5) is 9.18 Å². The number of halogens is 1. The second-order valence-electron chi connectivity index (χ2n) is 6.57. The van der Waals surface area contributed by atoms with E-state index in [0.29, 0.717) is 18.7 Å². The summed E-state index contributed by atoms with van der Waals surface area (Å²) in [5.41, 5.74) is 0.479. The Hall–Kier alpha value is -1.95. The van der Waals surface area contributed by atoms with Crippen molar-refractivity contribution >= 4 is 17.4 Å². The third-order valence-corrected chi connectivity index (χ3v) is 5.65. The van der Waals surface area contributed by atoms with Crippen molar-refractivity contribution in [1.82, 2.24) is 15.2 Å². The molecule has 0 saturated heterocycles. The van der Waals surface area contributed by atoms with E-state index in [1.165, 1.54) is 6.07 Å². The summed E-state index contributed by atoms with van der Waals surface area (Å²) >= 11 is 1.60. The molecule has 1 saturated carbocycles. The van der Waals surface area contributed by atoms with Crippen molar-refractivity contribution in [3.05, 3.63) is 52.2 Å². The Balaban J connectivity index is 1.55. The molecule has 2 amide bonds. The number of nitrogens with zero attached hydrogens (tertiary/aromatic N) is 2. The minimum atomic E-state index is -0.233. The fourth-order valence-corrected chi connectivity index (χ4v) is 3.70. The minimum Gasteiger partial charge on any atom is -0.337 e. The van der Waals surface area contributed by atoms with E-state index in [9.17, 15) is 9.18 Å². The highest BCUT2D eigenvalue weighted by atomic mass is 32.1. The first-order chi connectivity index (χ1) is 11.5. The van der Waals surface area contributed by atoms with E-state index in [2.05, 4.69) is 17.2 Å². The molecule has 1 aromatic carbocycles. The van der Waals surface area contributed by atoms with E-state index in [1.54, 1.807) is 35.5 Å². The van der Waals surface area contributed by atoms with Crippen LogP contribution in [0.5, 0.6) is 0 Å². The van der Waals surface area contributed by atoms with Crippen LogP contribution in [0.1, 0.15) is 36.3 Å². The standard InChI is InChI=1S/C18H22FN3OS/c1-13(16-20-9-10-24-16)11-22(2)17(23)21-12-18(7-8-18)14-5-3-4-6-15(14)19/h3-6,9-10,13H,7-8,11-12H2,1-2H3,(H,21,23). The molecule has 6 heteroatoms. The largest absolute Gasteiger partial charge is 0.337 e. The second-order valence-corrected chi connectivity index (χ2v) is 7.50. The molecule has 1 aliphatic rings. The van der Waals surface area contributed by atoms with Crippen molar-refractivity contribution in [3.63, 3.8) is 0 Å². The first-order valence-electron chi connectivity index (χ1n) is 8.15. The number of aromatic nitrogens is 1. The Morgan fingerprint density at radius 3 is 2.83 bits per heavy atom. The maximum Gasteiger partial charge on any atom is 0.317 e. The van der Waals surface area contributed by atoms with E-state index in [1.807, 2.05) is 17.5 Å². The monoisotopic (exact) mass is 347 g/mol. The molecule has 1 atom stereocenters. The lowest BCUT2D eigenvalue weighted by Crippen LogP contribution is -2.42. The number of benzene rings is 1. The van der Waals surface area contributed by atoms with E-state index >= 15 is 0 Å². The van der Waals surface area contributed by atoms with Crippen LogP contribution in [0.3, 0.4) is 0 Å². The lowest BCUT2D eigenvalue weighted by molar-refractivity contribution is 0.205. The van der Waals surface area contributed by atoms with Crippen LogP contribution in [0, 0.1) is 5.82 Å². The molecule has 0 spiro atoms. The van der Waals surface area contributed by atoms with Gasteiger partial charge in [0.1, 0.15) is 5.82 Å². The number of hydrogen-bond donors (Lipinski definition) is 1. The summed E-state index contributed by atoms with van der Waals surface area (Å²) in [6.07, 6.45) is 3.60. The maximum atomic E-state index is 14.0. The quantitative estimate of drug-likeness (QED) is 0.865. The van der Waals surface area contributed by atoms with Gasteiger partial charge in [-0.1, -0.05) is 25.1 Å². The highest BCUT2D eigenvalue weighted by Crippen LogP contribution is 2.48. The van der Waals surface area contributed by atoms with Crippen LogP contribution < -0.4 is 5.32 Å². The van der Waals surface area contributed by atoms with E-state index in [-0.39, 0.29) is 23.2 Å². The molecule has 1 aromatic heterocycles. The molecular weight excluding hydrogens is 325 g/mol. The normalized spacial score (nSPS) is 16.5. The Kier molecular flexibility index (Phi) is 4.85. The van der Waals surface area contributed by atoms with Gasteiger partial charge in [-0.3, -0.25) is 0 Å². The molecule has 0 bridgehead atoms. The topological polar surface area (TPSA) is 45.2 Å². The number of amides is 2. The zero-order valence-electron chi connectivity index (χ0n) is 14.0. The summed E-state index contributed by atoms with van der Waals surface area (Å²) in [7, 11) is 1.78. The first-order valence-corrected chi connectivity index (χ1v) is 9.03. The van der Waals surface area contributed by atoms with Gasteiger partial charge in [0.25, 0.3) is 0 Å². The predicted octanol–water partition coefficient (Wildman–Crippen LogP) is 3.76. The molecule has 1 N–H and O–H groups in total. The van der Waals surface area contributed by atoms with Gasteiger partial charge in [0.05, 0.1) is 5.01 Å². The molecule has 1 aliphatic carbocycles. The Labute approximate surface area is 145 Å². The third kappa shape index (κ3) is 3.59. The summed E-state index contributed by atoms with van der Waals surface area (Å²) in [5.74, 6) is 0.0113. The van der Waals surface area contributed by atoms with Gasteiger partial charge in [-0.2, -0.15) is 0 Å². The molecule has 0 radical (unpaired) electrons. The van der Waals surface area contributed by atoms with Crippen LogP contribution in [-0.2, 0) is 5.41 Å². The molecule has 24 heavy (non-hydrogen) atoms. The second kappa shape index (κ2) is 6.89. The first kappa shape index (κ1) is 16.9. The van der Waals surface area contributed by atoms with Crippen molar-refractivity contribution < 1.29 is 9.18 Å². The van der Waals surface area contributed by atoms with Gasteiger partial charge in [-0.25, -0.2) is 14.2 Å². The number of carbonyl (C=O) groups excluding carboxylic acids is 1. The highest BCUT2D eigenvalue weighted by molar-refractivity contribution is 7.09. The fraction of sp³-hybridized carbons (Fsp3) is 0.444. The Morgan fingerprint density at radius 1 is 1.46 bits per heavy atom. The van der Waals surface area contributed by atoms with Crippen molar-refractivity contribution in [2.75, 3.05) is 20.1 Å². The van der Waals surface area contributed by atoms with Crippen LogP contribution in [-0.4, -0.2) is 36.1 Å². The van der Waals surface area contributed by atoms with Crippen molar-refractivity contribution in [2.45, 2.75) is 31.1 Å². The third-order valence-electron chi connectivity index (χ3n) is 4.64. The van der Waals surface area contributed by atoms with Crippen molar-refractivity contribution in [3.8, 4) is 0 Å². The molecule has 1 unspecified atom stereocenters. The van der Waals surface area contributed by atoms with Gasteiger partial charge in [0.2, 0.25) is 0 Å². The molecular formula is C18H22FN3OS. The summed E-state index contributed by atoms with van der Waals surface area (Å²) in [6.45, 7) is 3.14. The summed E-state index contributed by atoms with van der Waals surface area (Å²) in [5, 5.41) is 5.93. The van der Waals surface area contributed by atoms with Gasteiger partial charge in [-0.05, 0) is 24.5 Å². The summed E-state index contributed by atoms with van der Waals surface area (Å²) in [6, 6.07) is 6.73. The summed E-state index contributed by atoms with van der Waals surface area (Å²) in [4.78, 5) is 18.3. The van der Waals surface area contributed by atoms with Crippen LogP contribution in [0.25, 0.3) is 0 Å². The van der Waals surface area contributed by atoms with E-state index in [4.69, 9.17) is 0 Å². The van der Waals surface area contributed by atoms with E-state index < -0.39 is 0 Å². The maximum absolute atomic E-state index is 14.0. The number of thiazole rings is 1. The van der Waals surface area contributed by atoms with Gasteiger partial charge in [0, 0.05) is 43.0 Å². The van der Waals surface area contributed by atoms with Gasteiger partial charge < -0.3 is 10.2 Å². The lowest BCUT2D eigenvalue weighted by atomic mass is 9.95. The molecule has 1 fully saturated rings. The Bertz CT molecular complexity index is 700. The summed E-state index contributed by atoms with van der Waals surface area (Å²) < 4.78 is 14.0. The molecule has 4 nitrogen and oxygen atoms in total. The SMILES string of the molecule is CC(CN(C)C(=O)NCC1(c2ccccc2F)CC1)c1nccs1. The smallest absolute Gasteiger partial charge is 0.317 e. The average Bonchev–Trinajstić information content (AvgIpc) is 3.15. The highest BCUT2D eigenvalue weighted by Gasteiger charge is 2.46. The number of likely N-dealkylation sites (N-methyl/N-ethyl adjacent to an activating group) is 1. The van der Waals surface area contributed by atoms with Crippen molar-refractivity contribution in [2.24, 2.45) is 0 Å². The van der Waals surface area contributed by atoms with Gasteiger partial charge >= 0.3 is 6.03 Å². The average molecular weight is 347 g/mol. The van der Waals surface area contributed by atoms with Crippen molar-refractivity contribution in [1.29, 1.82) is 0 Å². The number of carbonyl (C=O) groups is 1. The zero-order chi connectivity index (χ0) is 17.2. The molecule has 128 valence electrons. The number of nitrogens with one attached hydrogen (secondary N) is 1. The number of urea groups is 1. The molecule has 1 heterocycles. The molecule has 2 aromatic rings. The zero-order valence-corrected chi connectivity index (χ0v) is 14.8. The van der Waals surface area contributed by atoms with Gasteiger partial charge in [-0.15, -0.1) is 11.3 Å². The molecule has 3 rings (SSSR count). The number of rotatable bonds is 6. The Morgan fingerprint density at radius 2 is 2.21 bits per heavy atom.